The summed E-state index contributed by atoms with van der Waals surface area (Å²) >= 11 is 0. The highest BCUT2D eigenvalue weighted by Crippen LogP contribution is 2.17. The zero-order valence-corrected chi connectivity index (χ0v) is 16.4. The molecular weight excluding hydrogens is 368 g/mol. The molecule has 0 saturated carbocycles. The fraction of sp³-hybridized carbons (Fsp3) is 0.333. The average Bonchev–Trinajstić information content (AvgIpc) is 2.77. The van der Waals surface area contributed by atoms with Gasteiger partial charge in [0.1, 0.15) is 6.04 Å². The summed E-state index contributed by atoms with van der Waals surface area (Å²) in [6, 6.07) is 14.5. The molecule has 0 aliphatic carbocycles. The third-order valence-corrected chi connectivity index (χ3v) is 5.11. The summed E-state index contributed by atoms with van der Waals surface area (Å²) in [7, 11) is 0. The van der Waals surface area contributed by atoms with Crippen LogP contribution in [0.5, 0.6) is 0 Å². The molecule has 2 aliphatic rings. The maximum atomic E-state index is 13.0. The van der Waals surface area contributed by atoms with Gasteiger partial charge in [0.15, 0.2) is 0 Å². The van der Waals surface area contributed by atoms with Crippen molar-refractivity contribution in [2.75, 3.05) is 31.2 Å². The van der Waals surface area contributed by atoms with E-state index in [9.17, 15) is 9.59 Å². The maximum absolute atomic E-state index is 13.0. The van der Waals surface area contributed by atoms with Crippen molar-refractivity contribution in [2.24, 2.45) is 4.99 Å². The second-order valence-corrected chi connectivity index (χ2v) is 7.16. The van der Waals surface area contributed by atoms with E-state index in [1.807, 2.05) is 48.5 Å². The summed E-state index contributed by atoms with van der Waals surface area (Å²) in [6.45, 7) is 5.24. The number of nitrogens with zero attached hydrogens (tertiary/aromatic N) is 5. The number of piperazine rings is 1. The van der Waals surface area contributed by atoms with Gasteiger partial charge in [0.05, 0.1) is 11.4 Å². The number of benzene rings is 1. The second kappa shape index (κ2) is 8.40. The standard InChI is InChI=1S/C21H24N6O2/c1-16-20(28)27(18-8-3-2-4-9-18)24-19(23-16)21(29)26-13-11-25(12-14-26)15-17-7-5-6-10-22-17/h2-10,16H,11-15H2,1H3,(H,23,24). The van der Waals surface area contributed by atoms with E-state index < -0.39 is 6.04 Å². The minimum absolute atomic E-state index is 0.178. The van der Waals surface area contributed by atoms with Gasteiger partial charge in [0.25, 0.3) is 11.8 Å². The molecule has 0 spiro atoms. The molecule has 1 N–H and O–H groups in total. The number of amidine groups is 1. The van der Waals surface area contributed by atoms with Crippen molar-refractivity contribution in [1.82, 2.24) is 20.2 Å². The first kappa shape index (κ1) is 19.1. The largest absolute Gasteiger partial charge is 0.333 e. The normalized spacial score (nSPS) is 20.2. The third kappa shape index (κ3) is 4.27. The summed E-state index contributed by atoms with van der Waals surface area (Å²) in [5, 5.41) is 1.40. The molecule has 150 valence electrons. The first-order valence-electron chi connectivity index (χ1n) is 9.77. The Morgan fingerprint density at radius 3 is 2.48 bits per heavy atom. The molecule has 1 atom stereocenters. The van der Waals surface area contributed by atoms with Gasteiger partial charge in [0.2, 0.25) is 5.84 Å². The van der Waals surface area contributed by atoms with Gasteiger partial charge >= 0.3 is 0 Å². The Morgan fingerprint density at radius 2 is 1.79 bits per heavy atom. The minimum Gasteiger partial charge on any atom is -0.333 e. The SMILES string of the molecule is CC1N=C(C(=O)N2CCN(Cc3ccccn3)CC2)NN(c2ccccc2)C1=O. The van der Waals surface area contributed by atoms with Gasteiger partial charge in [-0.3, -0.25) is 24.9 Å². The molecule has 3 heterocycles. The van der Waals surface area contributed by atoms with Crippen molar-refractivity contribution < 1.29 is 9.59 Å². The van der Waals surface area contributed by atoms with Gasteiger partial charge in [-0.25, -0.2) is 10.0 Å². The van der Waals surface area contributed by atoms with Gasteiger partial charge in [-0.2, -0.15) is 0 Å². The predicted molar refractivity (Wildman–Crippen MR) is 110 cm³/mol. The van der Waals surface area contributed by atoms with E-state index >= 15 is 0 Å². The monoisotopic (exact) mass is 392 g/mol. The molecule has 1 aromatic heterocycles. The molecule has 8 heteroatoms. The maximum Gasteiger partial charge on any atom is 0.290 e. The predicted octanol–water partition coefficient (Wildman–Crippen LogP) is 1.06. The van der Waals surface area contributed by atoms with E-state index in [4.69, 9.17) is 0 Å². The number of anilines is 1. The lowest BCUT2D eigenvalue weighted by atomic mass is 10.2. The molecule has 1 saturated heterocycles. The number of aliphatic imine (C=N–C) groups is 1. The highest BCUT2D eigenvalue weighted by molar-refractivity contribution is 6.39. The minimum atomic E-state index is -0.610. The van der Waals surface area contributed by atoms with Gasteiger partial charge in [0, 0.05) is 38.9 Å². The van der Waals surface area contributed by atoms with Crippen LogP contribution in [0.2, 0.25) is 0 Å². The number of para-hydroxylation sites is 1. The number of hydrazine groups is 1. The number of carbonyl (C=O) groups excluding carboxylic acids is 2. The van der Waals surface area contributed by atoms with Crippen LogP contribution in [0.25, 0.3) is 0 Å². The lowest BCUT2D eigenvalue weighted by Crippen LogP contribution is -2.60. The van der Waals surface area contributed by atoms with Gasteiger partial charge < -0.3 is 4.90 Å². The molecule has 0 bridgehead atoms. The summed E-state index contributed by atoms with van der Waals surface area (Å²) in [5.41, 5.74) is 4.63. The number of nitrogens with one attached hydrogen (secondary N) is 1. The van der Waals surface area contributed by atoms with E-state index in [1.54, 1.807) is 18.0 Å². The Kier molecular flexibility index (Phi) is 5.53. The van der Waals surface area contributed by atoms with Crippen molar-refractivity contribution >= 4 is 23.3 Å². The quantitative estimate of drug-likeness (QED) is 0.842. The summed E-state index contributed by atoms with van der Waals surface area (Å²) in [4.78, 5) is 38.2. The zero-order chi connectivity index (χ0) is 20.2. The topological polar surface area (TPSA) is 81.1 Å². The van der Waals surface area contributed by atoms with Gasteiger partial charge in [-0.15, -0.1) is 0 Å². The molecule has 4 rings (SSSR count). The van der Waals surface area contributed by atoms with Crippen LogP contribution in [-0.2, 0) is 16.1 Å². The molecule has 2 aliphatic heterocycles. The Morgan fingerprint density at radius 1 is 1.07 bits per heavy atom. The van der Waals surface area contributed by atoms with Crippen LogP contribution in [0.3, 0.4) is 0 Å². The molecule has 1 unspecified atom stereocenters. The number of carbonyl (C=O) groups is 2. The van der Waals surface area contributed by atoms with Crippen LogP contribution in [0, 0.1) is 0 Å². The summed E-state index contributed by atoms with van der Waals surface area (Å²) < 4.78 is 0. The molecular formula is C21H24N6O2. The molecule has 8 nitrogen and oxygen atoms in total. The lowest BCUT2D eigenvalue weighted by Gasteiger charge is -2.36. The van der Waals surface area contributed by atoms with Crippen LogP contribution in [0.15, 0.2) is 59.7 Å². The van der Waals surface area contributed by atoms with E-state index in [1.165, 1.54) is 5.01 Å². The molecule has 2 aromatic rings. The van der Waals surface area contributed by atoms with E-state index in [0.29, 0.717) is 18.8 Å². The van der Waals surface area contributed by atoms with Gasteiger partial charge in [-0.05, 0) is 31.2 Å². The van der Waals surface area contributed by atoms with Crippen LogP contribution in [0.4, 0.5) is 5.69 Å². The van der Waals surface area contributed by atoms with E-state index in [0.717, 1.165) is 25.3 Å². The van der Waals surface area contributed by atoms with Crippen LogP contribution in [0.1, 0.15) is 12.6 Å². The van der Waals surface area contributed by atoms with Gasteiger partial charge in [-0.1, -0.05) is 24.3 Å². The Balaban J connectivity index is 1.39. The number of hydrogen-bond acceptors (Lipinski definition) is 6. The van der Waals surface area contributed by atoms with E-state index in [-0.39, 0.29) is 17.6 Å². The third-order valence-electron chi connectivity index (χ3n) is 5.11. The van der Waals surface area contributed by atoms with Crippen molar-refractivity contribution in [3.05, 3.63) is 60.4 Å². The summed E-state index contributed by atoms with van der Waals surface area (Å²) in [5.74, 6) is -0.158. The number of aromatic nitrogens is 1. The Labute approximate surface area is 169 Å². The Hall–Kier alpha value is -3.26. The van der Waals surface area contributed by atoms with Crippen molar-refractivity contribution in [3.63, 3.8) is 0 Å². The number of hydrogen-bond donors (Lipinski definition) is 1. The fourth-order valence-corrected chi connectivity index (χ4v) is 3.48. The summed E-state index contributed by atoms with van der Waals surface area (Å²) in [6.07, 6.45) is 1.79. The highest BCUT2D eigenvalue weighted by Gasteiger charge is 2.33. The second-order valence-electron chi connectivity index (χ2n) is 7.16. The molecule has 0 radical (unpaired) electrons. The van der Waals surface area contributed by atoms with Crippen LogP contribution in [-0.4, -0.2) is 64.7 Å². The number of amides is 2. The zero-order valence-electron chi connectivity index (χ0n) is 16.4. The number of pyridine rings is 1. The first-order valence-corrected chi connectivity index (χ1v) is 9.77. The first-order chi connectivity index (χ1) is 14.1. The van der Waals surface area contributed by atoms with Crippen molar-refractivity contribution in [1.29, 1.82) is 0 Å². The molecule has 2 amide bonds. The van der Waals surface area contributed by atoms with Crippen molar-refractivity contribution in [3.8, 4) is 0 Å². The molecule has 1 fully saturated rings. The van der Waals surface area contributed by atoms with Crippen LogP contribution < -0.4 is 10.4 Å². The number of rotatable bonds is 4. The van der Waals surface area contributed by atoms with Crippen molar-refractivity contribution in [2.45, 2.75) is 19.5 Å². The Bertz CT molecular complexity index is 894. The molecule has 29 heavy (non-hydrogen) atoms. The average molecular weight is 392 g/mol. The fourth-order valence-electron chi connectivity index (χ4n) is 3.48. The highest BCUT2D eigenvalue weighted by atomic mass is 16.2. The van der Waals surface area contributed by atoms with Crippen LogP contribution >= 0.6 is 0 Å². The molecule has 1 aromatic carbocycles. The lowest BCUT2D eigenvalue weighted by molar-refractivity contribution is -0.126. The smallest absolute Gasteiger partial charge is 0.290 e. The van der Waals surface area contributed by atoms with E-state index in [2.05, 4.69) is 20.3 Å².